The molecule has 122 valence electrons. The molecule has 0 aliphatic heterocycles. The van der Waals surface area contributed by atoms with Crippen LogP contribution in [0.5, 0.6) is 0 Å². The molecule has 0 aromatic carbocycles. The fraction of sp³-hybridized carbons (Fsp3) is 0.800. The minimum atomic E-state index is -0.484. The van der Waals surface area contributed by atoms with Gasteiger partial charge in [0, 0.05) is 0 Å². The average Bonchev–Trinajstić information content (AvgIpc) is 3.14. The van der Waals surface area contributed by atoms with Gasteiger partial charge in [-0.25, -0.2) is 0 Å². The molecule has 4 rings (SSSR count). The summed E-state index contributed by atoms with van der Waals surface area (Å²) in [6.07, 6.45) is 11.9. The monoisotopic (exact) mass is 302 g/mol. The second-order valence-electron chi connectivity index (χ2n) is 8.61. The summed E-state index contributed by atoms with van der Waals surface area (Å²) in [6.45, 7) is 7.69. The Morgan fingerprint density at radius 3 is 1.55 bits per heavy atom. The maximum absolute atomic E-state index is 11.0. The summed E-state index contributed by atoms with van der Waals surface area (Å²) in [5.74, 6) is 3.83. The minimum absolute atomic E-state index is 0.481. The first kappa shape index (κ1) is 15.0. The van der Waals surface area contributed by atoms with Crippen LogP contribution in [0.25, 0.3) is 0 Å². The summed E-state index contributed by atoms with van der Waals surface area (Å²) in [5, 5.41) is 22.0. The van der Waals surface area contributed by atoms with Crippen molar-refractivity contribution in [3.63, 3.8) is 0 Å². The predicted molar refractivity (Wildman–Crippen MR) is 88.2 cm³/mol. The van der Waals surface area contributed by atoms with Crippen molar-refractivity contribution < 1.29 is 10.2 Å². The van der Waals surface area contributed by atoms with Gasteiger partial charge in [-0.05, 0) is 86.9 Å². The number of rotatable bonds is 4. The van der Waals surface area contributed by atoms with Crippen molar-refractivity contribution >= 4 is 0 Å². The van der Waals surface area contributed by atoms with Crippen LogP contribution in [0.2, 0.25) is 0 Å². The van der Waals surface area contributed by atoms with Crippen molar-refractivity contribution in [3.05, 3.63) is 25.3 Å². The lowest BCUT2D eigenvalue weighted by molar-refractivity contribution is -0.0160. The van der Waals surface area contributed by atoms with Crippen molar-refractivity contribution in [1.29, 1.82) is 0 Å². The molecule has 4 saturated carbocycles. The molecule has 4 fully saturated rings. The molecule has 0 saturated heterocycles. The summed E-state index contributed by atoms with van der Waals surface area (Å²) in [7, 11) is 0. The molecule has 0 bridgehead atoms. The molecule has 0 heterocycles. The highest BCUT2D eigenvalue weighted by Crippen LogP contribution is 2.67. The van der Waals surface area contributed by atoms with E-state index in [1.807, 2.05) is 12.2 Å². The molecule has 4 unspecified atom stereocenters. The van der Waals surface area contributed by atoms with Gasteiger partial charge in [0.05, 0.1) is 11.2 Å². The molecule has 2 heteroatoms. The fourth-order valence-corrected chi connectivity index (χ4v) is 7.14. The van der Waals surface area contributed by atoms with Crippen LogP contribution < -0.4 is 0 Å². The molecule has 0 radical (unpaired) electrons. The predicted octanol–water partition coefficient (Wildman–Crippen LogP) is 3.69. The Balaban J connectivity index is 1.55. The lowest BCUT2D eigenvalue weighted by Gasteiger charge is -2.32. The van der Waals surface area contributed by atoms with E-state index in [1.54, 1.807) is 0 Å². The van der Waals surface area contributed by atoms with Crippen LogP contribution in [-0.4, -0.2) is 21.4 Å². The minimum Gasteiger partial charge on any atom is -0.389 e. The highest BCUT2D eigenvalue weighted by atomic mass is 16.3. The average molecular weight is 302 g/mol. The Bertz CT molecular complexity index is 442. The summed E-state index contributed by atoms with van der Waals surface area (Å²) in [6, 6.07) is 0. The smallest absolute Gasteiger partial charge is 0.0712 e. The third kappa shape index (κ3) is 1.86. The first-order valence-corrected chi connectivity index (χ1v) is 9.19. The Hall–Kier alpha value is -0.600. The zero-order valence-electron chi connectivity index (χ0n) is 13.6. The van der Waals surface area contributed by atoms with Gasteiger partial charge in [0.2, 0.25) is 0 Å². The van der Waals surface area contributed by atoms with Gasteiger partial charge in [0.1, 0.15) is 0 Å². The van der Waals surface area contributed by atoms with Crippen LogP contribution in [0.1, 0.15) is 51.4 Å². The standard InChI is InChI=1S/C20H30O2/c1-3-7-19(21)9-5-13-16-12-18-14(15(16)11-17(13)19)6-10-20(18,22)8-4-2/h3-4,13-18,21-22H,1-2,5-12H2/t13?,14?,15-,16-,17?,18?,19+,20+/m1/s1. The van der Waals surface area contributed by atoms with Gasteiger partial charge in [-0.3, -0.25) is 0 Å². The molecule has 0 spiro atoms. The molecule has 0 amide bonds. The van der Waals surface area contributed by atoms with E-state index < -0.39 is 11.2 Å². The van der Waals surface area contributed by atoms with E-state index in [-0.39, 0.29) is 0 Å². The Morgan fingerprint density at radius 1 is 0.773 bits per heavy atom. The summed E-state index contributed by atoms with van der Waals surface area (Å²) in [5.41, 5.74) is -0.968. The van der Waals surface area contributed by atoms with Gasteiger partial charge in [0.15, 0.2) is 0 Å². The molecule has 2 N–H and O–H groups in total. The van der Waals surface area contributed by atoms with Crippen LogP contribution in [0.15, 0.2) is 25.3 Å². The SMILES string of the molecule is C=CC[C@]1(O)CCC2C1C[C@@H]1C3CC[C@@](O)(CC=C)C3C[C@H]21. The van der Waals surface area contributed by atoms with Crippen LogP contribution in [0.3, 0.4) is 0 Å². The van der Waals surface area contributed by atoms with Gasteiger partial charge in [0.25, 0.3) is 0 Å². The van der Waals surface area contributed by atoms with E-state index in [0.717, 1.165) is 37.5 Å². The second kappa shape index (κ2) is 4.95. The summed E-state index contributed by atoms with van der Waals surface area (Å²) >= 11 is 0. The van der Waals surface area contributed by atoms with Crippen molar-refractivity contribution in [2.75, 3.05) is 0 Å². The first-order chi connectivity index (χ1) is 10.5. The third-order valence-corrected chi connectivity index (χ3v) is 7.93. The molecule has 22 heavy (non-hydrogen) atoms. The van der Waals surface area contributed by atoms with E-state index in [0.29, 0.717) is 23.7 Å². The molecular formula is C20H30O2. The topological polar surface area (TPSA) is 40.5 Å². The largest absolute Gasteiger partial charge is 0.389 e. The van der Waals surface area contributed by atoms with Gasteiger partial charge in [-0.2, -0.15) is 0 Å². The van der Waals surface area contributed by atoms with Crippen LogP contribution in [0, 0.1) is 35.5 Å². The van der Waals surface area contributed by atoms with Gasteiger partial charge in [-0.1, -0.05) is 12.2 Å². The maximum Gasteiger partial charge on any atom is 0.0712 e. The quantitative estimate of drug-likeness (QED) is 0.778. The zero-order valence-corrected chi connectivity index (χ0v) is 13.6. The molecular weight excluding hydrogens is 272 g/mol. The number of fused-ring (bicyclic) bond motifs is 5. The van der Waals surface area contributed by atoms with Gasteiger partial charge in [-0.15, -0.1) is 13.2 Å². The van der Waals surface area contributed by atoms with E-state index in [9.17, 15) is 10.2 Å². The lowest BCUT2D eigenvalue weighted by atomic mass is 9.78. The third-order valence-electron chi connectivity index (χ3n) is 7.93. The normalized spacial score (nSPS) is 55.7. The summed E-state index contributed by atoms with van der Waals surface area (Å²) in [4.78, 5) is 0. The Labute approximate surface area is 134 Å². The number of hydrogen-bond acceptors (Lipinski definition) is 2. The molecule has 2 nitrogen and oxygen atoms in total. The molecule has 8 atom stereocenters. The van der Waals surface area contributed by atoms with Gasteiger partial charge < -0.3 is 10.2 Å². The molecule has 0 aromatic heterocycles. The fourth-order valence-electron chi connectivity index (χ4n) is 7.14. The van der Waals surface area contributed by atoms with Crippen molar-refractivity contribution in [2.45, 2.75) is 62.6 Å². The van der Waals surface area contributed by atoms with Crippen molar-refractivity contribution in [3.8, 4) is 0 Å². The van der Waals surface area contributed by atoms with E-state index in [2.05, 4.69) is 13.2 Å². The zero-order chi connectivity index (χ0) is 15.5. The van der Waals surface area contributed by atoms with Gasteiger partial charge >= 0.3 is 0 Å². The van der Waals surface area contributed by atoms with E-state index >= 15 is 0 Å². The lowest BCUT2D eigenvalue weighted by Crippen LogP contribution is -2.36. The molecule has 0 aromatic rings. The first-order valence-electron chi connectivity index (χ1n) is 9.19. The van der Waals surface area contributed by atoms with Crippen molar-refractivity contribution in [2.24, 2.45) is 35.5 Å². The second-order valence-corrected chi connectivity index (χ2v) is 8.61. The Kier molecular flexibility index (Phi) is 3.36. The highest BCUT2D eigenvalue weighted by Gasteiger charge is 2.64. The van der Waals surface area contributed by atoms with E-state index in [4.69, 9.17) is 0 Å². The van der Waals surface area contributed by atoms with Crippen LogP contribution >= 0.6 is 0 Å². The van der Waals surface area contributed by atoms with Crippen LogP contribution in [0.4, 0.5) is 0 Å². The molecule has 4 aliphatic rings. The van der Waals surface area contributed by atoms with E-state index in [1.165, 1.54) is 25.7 Å². The maximum atomic E-state index is 11.0. The van der Waals surface area contributed by atoms with Crippen molar-refractivity contribution in [1.82, 2.24) is 0 Å². The highest BCUT2D eigenvalue weighted by molar-refractivity contribution is 5.15. The summed E-state index contributed by atoms with van der Waals surface area (Å²) < 4.78 is 0. The number of hydrogen-bond donors (Lipinski definition) is 2. The Morgan fingerprint density at radius 2 is 1.18 bits per heavy atom. The molecule has 4 aliphatic carbocycles. The number of aliphatic hydroxyl groups is 2. The van der Waals surface area contributed by atoms with Crippen LogP contribution in [-0.2, 0) is 0 Å².